The van der Waals surface area contributed by atoms with Gasteiger partial charge in [-0.3, -0.25) is 9.59 Å². The number of amides is 2. The van der Waals surface area contributed by atoms with Crippen molar-refractivity contribution >= 4 is 28.5 Å². The lowest BCUT2D eigenvalue weighted by Gasteiger charge is -2.30. The molecule has 2 aliphatic heterocycles. The predicted molar refractivity (Wildman–Crippen MR) is 196 cm³/mol. The van der Waals surface area contributed by atoms with Gasteiger partial charge in [-0.2, -0.15) is 5.10 Å². The lowest BCUT2D eigenvalue weighted by atomic mass is 9.90. The minimum Gasteiger partial charge on any atom is -0.381 e. The summed E-state index contributed by atoms with van der Waals surface area (Å²) in [6.45, 7) is 9.13. The summed E-state index contributed by atoms with van der Waals surface area (Å²) in [5, 5.41) is 12.9. The van der Waals surface area contributed by atoms with Gasteiger partial charge in [0.2, 0.25) is 11.8 Å². The van der Waals surface area contributed by atoms with Crippen molar-refractivity contribution in [3.8, 4) is 11.1 Å². The number of pyridine rings is 1. The highest BCUT2D eigenvalue weighted by Gasteiger charge is 2.57. The number of aryl methyl sites for hydroxylation is 2. The summed E-state index contributed by atoms with van der Waals surface area (Å²) in [5.41, 5.74) is 13.1. The van der Waals surface area contributed by atoms with Gasteiger partial charge in [0.1, 0.15) is 5.41 Å². The van der Waals surface area contributed by atoms with E-state index in [0.717, 1.165) is 71.5 Å². The number of carbonyl (C=O) groups excluding carboxylic acids is 2. The first kappa shape index (κ1) is 34.2. The average molecular weight is 678 g/mol. The highest BCUT2D eigenvalue weighted by molar-refractivity contribution is 6.07. The van der Waals surface area contributed by atoms with Crippen LogP contribution >= 0.6 is 0 Å². The van der Waals surface area contributed by atoms with Gasteiger partial charge in [-0.05, 0) is 106 Å². The Labute approximate surface area is 295 Å². The molecule has 2 aromatic carbocycles. The summed E-state index contributed by atoms with van der Waals surface area (Å²) in [5.74, 6) is -0.0371. The van der Waals surface area contributed by atoms with Crippen LogP contribution in [0.2, 0.25) is 0 Å². The highest BCUT2D eigenvalue weighted by atomic mass is 16.5. The number of nitrogens with two attached hydrogens (primary N) is 1. The third kappa shape index (κ3) is 7.14. The fourth-order valence-corrected chi connectivity index (χ4v) is 7.83. The fourth-order valence-electron chi connectivity index (χ4n) is 7.83. The predicted octanol–water partition coefficient (Wildman–Crippen LogP) is 5.61. The van der Waals surface area contributed by atoms with Crippen LogP contribution in [0, 0.1) is 11.3 Å². The van der Waals surface area contributed by atoms with Crippen LogP contribution in [0.5, 0.6) is 0 Å². The molecule has 3 aliphatic rings. The van der Waals surface area contributed by atoms with E-state index in [9.17, 15) is 9.59 Å². The number of nitrogens with one attached hydrogen (secondary N) is 2. The molecule has 10 nitrogen and oxygen atoms in total. The molecule has 0 bridgehead atoms. The van der Waals surface area contributed by atoms with Crippen molar-refractivity contribution in [2.45, 2.75) is 90.9 Å². The average Bonchev–Trinajstić information content (AvgIpc) is 3.87. The van der Waals surface area contributed by atoms with Gasteiger partial charge in [-0.1, -0.05) is 49.4 Å². The van der Waals surface area contributed by atoms with Gasteiger partial charge in [0.05, 0.1) is 17.3 Å². The van der Waals surface area contributed by atoms with Crippen molar-refractivity contribution < 1.29 is 14.3 Å². The summed E-state index contributed by atoms with van der Waals surface area (Å²) >= 11 is 0. The molecule has 4 heterocycles. The number of hydrogen-bond acceptors (Lipinski definition) is 7. The molecule has 10 heteroatoms. The molecule has 3 fully saturated rings. The zero-order valence-electron chi connectivity index (χ0n) is 29.5. The van der Waals surface area contributed by atoms with Crippen molar-refractivity contribution in [3.05, 3.63) is 77.1 Å². The van der Waals surface area contributed by atoms with E-state index in [4.69, 9.17) is 15.5 Å². The molecule has 264 valence electrons. The largest absolute Gasteiger partial charge is 0.381 e. The molecule has 50 heavy (non-hydrogen) atoms. The molecule has 2 aromatic heterocycles. The van der Waals surface area contributed by atoms with Crippen LogP contribution in [-0.2, 0) is 46.8 Å². The van der Waals surface area contributed by atoms with E-state index in [1.54, 1.807) is 0 Å². The smallest absolute Gasteiger partial charge is 0.238 e. The second-order valence-corrected chi connectivity index (χ2v) is 14.4. The highest BCUT2D eigenvalue weighted by Crippen LogP contribution is 2.48. The van der Waals surface area contributed by atoms with Crippen LogP contribution in [0.4, 0.5) is 5.69 Å². The lowest BCUT2D eigenvalue weighted by Crippen LogP contribution is -2.43. The fraction of sp³-hybridized carbons (Fsp3) is 0.500. The number of anilines is 1. The van der Waals surface area contributed by atoms with E-state index in [1.165, 1.54) is 24.0 Å². The molecule has 0 spiro atoms. The zero-order chi connectivity index (χ0) is 34.7. The number of benzene rings is 2. The Morgan fingerprint density at radius 1 is 1.00 bits per heavy atom. The summed E-state index contributed by atoms with van der Waals surface area (Å²) in [6.07, 6.45) is 8.85. The van der Waals surface area contributed by atoms with Crippen molar-refractivity contribution in [1.82, 2.24) is 25.0 Å². The molecule has 2 saturated heterocycles. The van der Waals surface area contributed by atoms with E-state index in [1.807, 2.05) is 15.8 Å². The Morgan fingerprint density at radius 2 is 1.70 bits per heavy atom. The Balaban J connectivity index is 1.23. The molecule has 7 rings (SSSR count). The van der Waals surface area contributed by atoms with E-state index in [2.05, 4.69) is 78.1 Å². The Hall–Kier alpha value is -4.28. The quantitative estimate of drug-likeness (QED) is 0.157. The van der Waals surface area contributed by atoms with Crippen LogP contribution < -0.4 is 16.4 Å². The molecule has 1 saturated carbocycles. The molecule has 0 radical (unpaired) electrons. The van der Waals surface area contributed by atoms with E-state index in [0.29, 0.717) is 58.0 Å². The number of nitrogens with zero attached hydrogens (tertiary/aromatic N) is 4. The van der Waals surface area contributed by atoms with Gasteiger partial charge in [0.25, 0.3) is 0 Å². The second kappa shape index (κ2) is 14.9. The van der Waals surface area contributed by atoms with Gasteiger partial charge in [-0.25, -0.2) is 9.67 Å². The number of primary amides is 1. The minimum atomic E-state index is -1.15. The van der Waals surface area contributed by atoms with Crippen molar-refractivity contribution in [2.75, 3.05) is 31.6 Å². The van der Waals surface area contributed by atoms with Crippen LogP contribution in [0.3, 0.4) is 0 Å². The first-order valence-electron chi connectivity index (χ1n) is 18.6. The van der Waals surface area contributed by atoms with Crippen molar-refractivity contribution in [3.63, 3.8) is 0 Å². The van der Waals surface area contributed by atoms with E-state index >= 15 is 0 Å². The van der Waals surface area contributed by atoms with Crippen molar-refractivity contribution in [2.24, 2.45) is 17.1 Å². The first-order valence-corrected chi connectivity index (χ1v) is 18.6. The minimum absolute atomic E-state index is 0.206. The Morgan fingerprint density at radius 3 is 2.36 bits per heavy atom. The number of ether oxygens (including phenoxy) is 1. The van der Waals surface area contributed by atoms with Crippen molar-refractivity contribution in [1.29, 1.82) is 0 Å². The molecule has 0 unspecified atom stereocenters. The maximum absolute atomic E-state index is 14.4. The molecule has 4 aromatic rings. The van der Waals surface area contributed by atoms with Gasteiger partial charge in [0.15, 0.2) is 5.65 Å². The normalized spacial score (nSPS) is 17.9. The van der Waals surface area contributed by atoms with Gasteiger partial charge in [-0.15, -0.1) is 0 Å². The summed E-state index contributed by atoms with van der Waals surface area (Å²) in [7, 11) is 0. The standard InChI is InChI=1S/C40H51N7O3/c1-3-35-34(36(44-32-13-19-50-20-14-32)33-24-43-47(4-2)37(33)45-35)26-46(39(49)40(15-16-40)38(41)48)25-29-8-6-10-31(23-29)30-9-5-7-28(22-30)21-27-11-17-42-18-12-27/h5-10,22-24,27,32,42H,3-4,11-21,25-26H2,1-2H3,(H2,41,48)(H,44,45). The van der Waals surface area contributed by atoms with Crippen LogP contribution in [0.25, 0.3) is 22.2 Å². The molecule has 2 amide bonds. The van der Waals surface area contributed by atoms with Crippen LogP contribution in [-0.4, -0.2) is 63.8 Å². The first-order chi connectivity index (χ1) is 24.4. The van der Waals surface area contributed by atoms with E-state index < -0.39 is 11.3 Å². The van der Waals surface area contributed by atoms with Crippen LogP contribution in [0.1, 0.15) is 74.8 Å². The number of carbonyl (C=O) groups is 2. The van der Waals surface area contributed by atoms with Crippen LogP contribution in [0.15, 0.2) is 54.7 Å². The molecular formula is C40H51N7O3. The molecule has 0 atom stereocenters. The molecule has 1 aliphatic carbocycles. The van der Waals surface area contributed by atoms with Gasteiger partial charge < -0.3 is 26.0 Å². The zero-order valence-corrected chi connectivity index (χ0v) is 29.5. The maximum atomic E-state index is 14.4. The Kier molecular flexibility index (Phi) is 10.2. The number of piperidine rings is 1. The Bertz CT molecular complexity index is 1840. The molecular weight excluding hydrogens is 626 g/mol. The van der Waals surface area contributed by atoms with E-state index in [-0.39, 0.29) is 11.9 Å². The lowest BCUT2D eigenvalue weighted by molar-refractivity contribution is -0.144. The number of hydrogen-bond donors (Lipinski definition) is 3. The third-order valence-corrected chi connectivity index (χ3v) is 11.0. The molecule has 4 N–H and O–H groups in total. The number of aromatic nitrogens is 3. The van der Waals surface area contributed by atoms with Gasteiger partial charge in [0, 0.05) is 50.1 Å². The monoisotopic (exact) mass is 677 g/mol. The summed E-state index contributed by atoms with van der Waals surface area (Å²) in [4.78, 5) is 34.1. The summed E-state index contributed by atoms with van der Waals surface area (Å²) < 4.78 is 7.59. The summed E-state index contributed by atoms with van der Waals surface area (Å²) in [6, 6.07) is 17.6. The third-order valence-electron chi connectivity index (χ3n) is 11.0. The number of fused-ring (bicyclic) bond motifs is 1. The topological polar surface area (TPSA) is 127 Å². The second-order valence-electron chi connectivity index (χ2n) is 14.4. The SMILES string of the molecule is CCc1nc2c(cnn2CC)c(NC2CCOCC2)c1CN(Cc1cccc(-c2cccc(CC3CCNCC3)c2)c1)C(=O)C1(C(N)=O)CC1. The number of rotatable bonds is 13. The van der Waals surface area contributed by atoms with Gasteiger partial charge >= 0.3 is 0 Å². The maximum Gasteiger partial charge on any atom is 0.238 e.